The lowest BCUT2D eigenvalue weighted by molar-refractivity contribution is 0.103. The lowest BCUT2D eigenvalue weighted by Gasteiger charge is -2.18. The zero-order valence-corrected chi connectivity index (χ0v) is 18.8. The predicted molar refractivity (Wildman–Crippen MR) is 113 cm³/mol. The monoisotopic (exact) mass is 459 g/mol. The van der Waals surface area contributed by atoms with Crippen LogP contribution in [0.3, 0.4) is 0 Å². The summed E-state index contributed by atoms with van der Waals surface area (Å²) >= 11 is 0. The van der Waals surface area contributed by atoms with Crippen LogP contribution in [-0.4, -0.2) is 65.2 Å². The summed E-state index contributed by atoms with van der Waals surface area (Å²) in [6.45, 7) is 2.44. The molecule has 0 saturated heterocycles. The van der Waals surface area contributed by atoms with Crippen molar-refractivity contribution in [2.24, 2.45) is 0 Å². The molecule has 2 rings (SSSR count). The van der Waals surface area contributed by atoms with Crippen LogP contribution in [0, 0.1) is 0 Å². The second-order valence-corrected chi connectivity index (χ2v) is 10.9. The number of anilines is 1. The molecule has 0 aliphatic heterocycles. The SMILES string of the molecule is CCn1[nH]cc(C(=O)c2ccc(S(C)(=O)=O)c(NCCOC)c2CS(C)(=O)=O)c1=O. The van der Waals surface area contributed by atoms with E-state index >= 15 is 0 Å². The standard InChI is InChI=1S/C18H25N3O7S2/c1-5-21-18(23)13(10-20-21)17(22)12-6-7-15(30(4,26)27)16(19-8-9-28-2)14(12)11-29(3,24)25/h6-7,10,19-20H,5,8-9,11H2,1-4H3. The number of rotatable bonds is 10. The number of aromatic nitrogens is 2. The number of nitrogens with one attached hydrogen (secondary N) is 2. The summed E-state index contributed by atoms with van der Waals surface area (Å²) in [5, 5.41) is 5.55. The van der Waals surface area contributed by atoms with E-state index in [2.05, 4.69) is 10.4 Å². The van der Waals surface area contributed by atoms with E-state index in [1.54, 1.807) is 6.92 Å². The first kappa shape index (κ1) is 23.8. The number of ether oxygens (including phenoxy) is 1. The average molecular weight is 460 g/mol. The van der Waals surface area contributed by atoms with Gasteiger partial charge in [0.15, 0.2) is 19.7 Å². The van der Waals surface area contributed by atoms with E-state index in [9.17, 15) is 26.4 Å². The first-order valence-corrected chi connectivity index (χ1v) is 12.9. The van der Waals surface area contributed by atoms with Crippen LogP contribution >= 0.6 is 0 Å². The van der Waals surface area contributed by atoms with Crippen molar-refractivity contribution in [1.29, 1.82) is 0 Å². The van der Waals surface area contributed by atoms with Gasteiger partial charge >= 0.3 is 0 Å². The minimum absolute atomic E-state index is 0.00910. The maximum atomic E-state index is 13.1. The molecule has 166 valence electrons. The number of sulfone groups is 2. The van der Waals surface area contributed by atoms with Gasteiger partial charge in [-0.05, 0) is 19.1 Å². The van der Waals surface area contributed by atoms with Crippen LogP contribution in [0.5, 0.6) is 0 Å². The molecule has 1 aromatic heterocycles. The van der Waals surface area contributed by atoms with Crippen molar-refractivity contribution in [2.75, 3.05) is 38.1 Å². The molecular formula is C18H25N3O7S2. The third-order valence-electron chi connectivity index (χ3n) is 4.33. The van der Waals surface area contributed by atoms with E-state index in [1.807, 2.05) is 0 Å². The Morgan fingerprint density at radius 3 is 2.33 bits per heavy atom. The van der Waals surface area contributed by atoms with Crippen molar-refractivity contribution in [1.82, 2.24) is 9.78 Å². The Morgan fingerprint density at radius 1 is 1.17 bits per heavy atom. The van der Waals surface area contributed by atoms with Gasteiger partial charge in [-0.3, -0.25) is 14.3 Å². The van der Waals surface area contributed by atoms with Gasteiger partial charge in [-0.15, -0.1) is 0 Å². The molecular weight excluding hydrogens is 434 g/mol. The first-order chi connectivity index (χ1) is 13.9. The van der Waals surface area contributed by atoms with Crippen LogP contribution in [0.4, 0.5) is 5.69 Å². The Balaban J connectivity index is 2.78. The second kappa shape index (κ2) is 9.14. The Labute approximate surface area is 175 Å². The summed E-state index contributed by atoms with van der Waals surface area (Å²) in [5.74, 6) is -1.28. The number of carbonyl (C=O) groups excluding carboxylic acids is 1. The summed E-state index contributed by atoms with van der Waals surface area (Å²) < 4.78 is 54.9. The number of methoxy groups -OCH3 is 1. The molecule has 0 radical (unpaired) electrons. The van der Waals surface area contributed by atoms with E-state index in [-0.39, 0.29) is 40.4 Å². The minimum Gasteiger partial charge on any atom is -0.383 e. The van der Waals surface area contributed by atoms with Crippen LogP contribution < -0.4 is 10.9 Å². The van der Waals surface area contributed by atoms with Crippen molar-refractivity contribution in [2.45, 2.75) is 24.1 Å². The van der Waals surface area contributed by atoms with Gasteiger partial charge in [0.1, 0.15) is 5.56 Å². The fourth-order valence-corrected chi connectivity index (χ4v) is 4.69. The molecule has 0 saturated carbocycles. The van der Waals surface area contributed by atoms with Crippen molar-refractivity contribution in [3.63, 3.8) is 0 Å². The van der Waals surface area contributed by atoms with Crippen molar-refractivity contribution >= 4 is 31.1 Å². The summed E-state index contributed by atoms with van der Waals surface area (Å²) in [5.41, 5.74) is -0.773. The van der Waals surface area contributed by atoms with E-state index in [1.165, 1.54) is 30.1 Å². The summed E-state index contributed by atoms with van der Waals surface area (Å²) in [6, 6.07) is 2.47. The number of ketones is 1. The van der Waals surface area contributed by atoms with Gasteiger partial charge in [0.05, 0.1) is 22.9 Å². The topological polar surface area (TPSA) is 144 Å². The summed E-state index contributed by atoms with van der Waals surface area (Å²) in [7, 11) is -5.94. The highest BCUT2D eigenvalue weighted by Gasteiger charge is 2.27. The Bertz CT molecular complexity index is 1210. The Morgan fingerprint density at radius 2 is 1.83 bits per heavy atom. The highest BCUT2D eigenvalue weighted by molar-refractivity contribution is 7.91. The molecule has 0 spiro atoms. The number of nitrogens with zero attached hydrogens (tertiary/aromatic N) is 1. The van der Waals surface area contributed by atoms with Crippen LogP contribution in [0.2, 0.25) is 0 Å². The maximum absolute atomic E-state index is 13.1. The number of H-pyrrole nitrogens is 1. The molecule has 10 nitrogen and oxygen atoms in total. The van der Waals surface area contributed by atoms with Crippen LogP contribution in [0.1, 0.15) is 28.4 Å². The summed E-state index contributed by atoms with van der Waals surface area (Å²) in [6.07, 6.45) is 3.22. The van der Waals surface area contributed by atoms with E-state index < -0.39 is 36.8 Å². The van der Waals surface area contributed by atoms with Gasteiger partial charge in [-0.25, -0.2) is 16.8 Å². The van der Waals surface area contributed by atoms with Gasteiger partial charge in [0.2, 0.25) is 5.78 Å². The quantitative estimate of drug-likeness (QED) is 0.384. The maximum Gasteiger partial charge on any atom is 0.277 e. The fourth-order valence-electron chi connectivity index (χ4n) is 2.98. The van der Waals surface area contributed by atoms with Crippen molar-refractivity contribution < 1.29 is 26.4 Å². The van der Waals surface area contributed by atoms with E-state index in [0.717, 1.165) is 12.5 Å². The molecule has 0 atom stereocenters. The highest BCUT2D eigenvalue weighted by atomic mass is 32.2. The predicted octanol–water partition coefficient (Wildman–Crippen LogP) is 0.434. The van der Waals surface area contributed by atoms with E-state index in [4.69, 9.17) is 4.74 Å². The number of hydrogen-bond acceptors (Lipinski definition) is 8. The van der Waals surface area contributed by atoms with Gasteiger partial charge < -0.3 is 15.2 Å². The molecule has 2 N–H and O–H groups in total. The number of carbonyl (C=O) groups is 1. The zero-order chi connectivity index (χ0) is 22.7. The number of benzene rings is 1. The first-order valence-electron chi connectivity index (χ1n) is 9.00. The molecule has 0 unspecified atom stereocenters. The van der Waals surface area contributed by atoms with E-state index in [0.29, 0.717) is 6.54 Å². The Hall–Kier alpha value is -2.44. The van der Waals surface area contributed by atoms with Gasteiger partial charge in [0.25, 0.3) is 5.56 Å². The molecule has 12 heteroatoms. The van der Waals surface area contributed by atoms with Gasteiger partial charge in [-0.1, -0.05) is 0 Å². The molecule has 0 aliphatic carbocycles. The van der Waals surface area contributed by atoms with Crippen molar-refractivity contribution in [3.05, 3.63) is 45.4 Å². The largest absolute Gasteiger partial charge is 0.383 e. The normalized spacial score (nSPS) is 12.1. The average Bonchev–Trinajstić information content (AvgIpc) is 3.00. The molecule has 0 amide bonds. The molecule has 30 heavy (non-hydrogen) atoms. The zero-order valence-electron chi connectivity index (χ0n) is 17.2. The third-order valence-corrected chi connectivity index (χ3v) is 6.29. The number of aromatic amines is 1. The third kappa shape index (κ3) is 5.37. The van der Waals surface area contributed by atoms with Gasteiger partial charge in [-0.2, -0.15) is 0 Å². The Kier molecular flexibility index (Phi) is 7.27. The molecule has 1 heterocycles. The lowest BCUT2D eigenvalue weighted by atomic mass is 9.99. The number of hydrogen-bond donors (Lipinski definition) is 2. The lowest BCUT2D eigenvalue weighted by Crippen LogP contribution is -2.23. The number of aryl methyl sites for hydroxylation is 1. The smallest absolute Gasteiger partial charge is 0.277 e. The molecule has 0 aliphatic rings. The summed E-state index contributed by atoms with van der Waals surface area (Å²) in [4.78, 5) is 25.4. The molecule has 0 fully saturated rings. The van der Waals surface area contributed by atoms with Crippen LogP contribution in [0.15, 0.2) is 28.0 Å². The van der Waals surface area contributed by atoms with Crippen LogP contribution in [-0.2, 0) is 36.7 Å². The van der Waals surface area contributed by atoms with Crippen LogP contribution in [0.25, 0.3) is 0 Å². The minimum atomic E-state index is -3.75. The molecule has 0 bridgehead atoms. The van der Waals surface area contributed by atoms with Crippen molar-refractivity contribution in [3.8, 4) is 0 Å². The molecule has 1 aromatic carbocycles. The molecule has 2 aromatic rings. The highest BCUT2D eigenvalue weighted by Crippen LogP contribution is 2.31. The van der Waals surface area contributed by atoms with Gasteiger partial charge in [0, 0.05) is 50.0 Å². The fraction of sp³-hybridized carbons (Fsp3) is 0.444. The second-order valence-electron chi connectivity index (χ2n) is 6.79.